The molecule has 0 saturated heterocycles. The van der Waals surface area contributed by atoms with E-state index in [1.54, 1.807) is 24.3 Å². The molecule has 1 aromatic carbocycles. The van der Waals surface area contributed by atoms with Crippen LogP contribution in [0.4, 0.5) is 0 Å². The first kappa shape index (κ1) is 20.7. The minimum absolute atomic E-state index is 0.0120. The number of Topliss-reactive ketones (excluding diaryl/α,β-unsaturated/α-hetero) is 1. The minimum Gasteiger partial charge on any atom is -0.503 e. The molecular formula is C22H25NO6. The third kappa shape index (κ3) is 4.35. The molecule has 7 nitrogen and oxygen atoms in total. The summed E-state index contributed by atoms with van der Waals surface area (Å²) in [6.07, 6.45) is 1.37. The van der Waals surface area contributed by atoms with Crippen molar-refractivity contribution in [3.63, 3.8) is 0 Å². The zero-order chi connectivity index (χ0) is 21.0. The molecule has 0 saturated carbocycles. The van der Waals surface area contributed by atoms with Gasteiger partial charge in [0.2, 0.25) is 5.78 Å². The fourth-order valence-electron chi connectivity index (χ4n) is 3.23. The number of aliphatic hydroxyl groups is 1. The average Bonchev–Trinajstić information content (AvgIpc) is 3.33. The molecular weight excluding hydrogens is 374 g/mol. The van der Waals surface area contributed by atoms with E-state index in [0.29, 0.717) is 23.8 Å². The summed E-state index contributed by atoms with van der Waals surface area (Å²) in [6, 6.07) is 9.53. The monoisotopic (exact) mass is 399 g/mol. The van der Waals surface area contributed by atoms with Gasteiger partial charge in [-0.25, -0.2) is 0 Å². The lowest BCUT2D eigenvalue weighted by Crippen LogP contribution is -2.34. The van der Waals surface area contributed by atoms with E-state index in [0.717, 1.165) is 0 Å². The maximum absolute atomic E-state index is 13.0. The van der Waals surface area contributed by atoms with Gasteiger partial charge in [-0.15, -0.1) is 0 Å². The maximum Gasteiger partial charge on any atom is 0.290 e. The molecule has 2 heterocycles. The van der Waals surface area contributed by atoms with Crippen molar-refractivity contribution in [1.29, 1.82) is 0 Å². The number of benzene rings is 1. The molecule has 7 heteroatoms. The summed E-state index contributed by atoms with van der Waals surface area (Å²) in [4.78, 5) is 27.2. The highest BCUT2D eigenvalue weighted by atomic mass is 16.5. The summed E-state index contributed by atoms with van der Waals surface area (Å²) in [5.74, 6) is -0.669. The number of ether oxygens (including phenoxy) is 2. The van der Waals surface area contributed by atoms with Gasteiger partial charge < -0.3 is 23.9 Å². The SMILES string of the molecule is COCCN1C(=O)C(O)=C(C(=O)c2ccco2)C1c1cccc(OCC(C)C)c1. The van der Waals surface area contributed by atoms with Gasteiger partial charge in [0, 0.05) is 13.7 Å². The topological polar surface area (TPSA) is 89.2 Å². The molecule has 29 heavy (non-hydrogen) atoms. The van der Waals surface area contributed by atoms with E-state index >= 15 is 0 Å². The average molecular weight is 399 g/mol. The molecule has 1 unspecified atom stereocenters. The van der Waals surface area contributed by atoms with Crippen molar-refractivity contribution in [2.24, 2.45) is 5.92 Å². The van der Waals surface area contributed by atoms with Crippen LogP contribution in [0, 0.1) is 5.92 Å². The van der Waals surface area contributed by atoms with E-state index in [-0.39, 0.29) is 24.5 Å². The molecule has 0 aliphatic carbocycles. The highest BCUT2D eigenvalue weighted by Gasteiger charge is 2.44. The van der Waals surface area contributed by atoms with E-state index < -0.39 is 23.5 Å². The first-order chi connectivity index (χ1) is 13.9. The molecule has 3 rings (SSSR count). The zero-order valence-corrected chi connectivity index (χ0v) is 16.8. The zero-order valence-electron chi connectivity index (χ0n) is 16.8. The number of ketones is 1. The first-order valence-electron chi connectivity index (χ1n) is 9.48. The van der Waals surface area contributed by atoms with Gasteiger partial charge in [0.25, 0.3) is 5.91 Å². The van der Waals surface area contributed by atoms with Crippen LogP contribution in [0.25, 0.3) is 0 Å². The molecule has 1 aliphatic heterocycles. The van der Waals surface area contributed by atoms with Crippen LogP contribution in [-0.4, -0.2) is 48.6 Å². The van der Waals surface area contributed by atoms with Gasteiger partial charge in [0.1, 0.15) is 5.75 Å². The lowest BCUT2D eigenvalue weighted by atomic mass is 9.95. The lowest BCUT2D eigenvalue weighted by molar-refractivity contribution is -0.130. The minimum atomic E-state index is -0.766. The van der Waals surface area contributed by atoms with Gasteiger partial charge in [0.15, 0.2) is 11.5 Å². The fourth-order valence-corrected chi connectivity index (χ4v) is 3.23. The van der Waals surface area contributed by atoms with Gasteiger partial charge in [-0.05, 0) is 35.7 Å². The van der Waals surface area contributed by atoms with E-state index in [4.69, 9.17) is 13.9 Å². The molecule has 1 N–H and O–H groups in total. The van der Waals surface area contributed by atoms with E-state index in [1.807, 2.05) is 19.9 Å². The van der Waals surface area contributed by atoms with Gasteiger partial charge in [-0.2, -0.15) is 0 Å². The largest absolute Gasteiger partial charge is 0.503 e. The number of aliphatic hydroxyl groups excluding tert-OH is 1. The Bertz CT molecular complexity index is 900. The van der Waals surface area contributed by atoms with Crippen molar-refractivity contribution in [3.05, 3.63) is 65.3 Å². The van der Waals surface area contributed by atoms with Crippen LogP contribution >= 0.6 is 0 Å². The second-order valence-corrected chi connectivity index (χ2v) is 7.24. The standard InChI is InChI=1S/C22H25NO6/c1-14(2)13-29-16-7-4-6-15(12-16)19-18(20(24)17-8-5-10-28-17)21(25)22(26)23(19)9-11-27-3/h4-8,10,12,14,19,25H,9,11,13H2,1-3H3. The van der Waals surface area contributed by atoms with Gasteiger partial charge in [0.05, 0.1) is 31.1 Å². The van der Waals surface area contributed by atoms with Crippen LogP contribution in [0.3, 0.4) is 0 Å². The quantitative estimate of drug-likeness (QED) is 0.649. The van der Waals surface area contributed by atoms with Crippen LogP contribution in [0.15, 0.2) is 58.4 Å². The molecule has 1 aromatic heterocycles. The number of furan rings is 1. The van der Waals surface area contributed by atoms with Crippen molar-refractivity contribution in [2.45, 2.75) is 19.9 Å². The molecule has 0 fully saturated rings. The summed E-state index contributed by atoms with van der Waals surface area (Å²) < 4.78 is 16.1. The van der Waals surface area contributed by atoms with Crippen LogP contribution in [-0.2, 0) is 9.53 Å². The number of carbonyl (C=O) groups is 2. The lowest BCUT2D eigenvalue weighted by Gasteiger charge is -2.26. The van der Waals surface area contributed by atoms with E-state index in [9.17, 15) is 14.7 Å². The third-order valence-corrected chi connectivity index (χ3v) is 4.59. The van der Waals surface area contributed by atoms with Gasteiger partial charge in [-0.3, -0.25) is 9.59 Å². The van der Waals surface area contributed by atoms with E-state index in [2.05, 4.69) is 0 Å². The van der Waals surface area contributed by atoms with E-state index in [1.165, 1.54) is 24.3 Å². The molecule has 1 aliphatic rings. The Morgan fingerprint density at radius 3 is 2.72 bits per heavy atom. The Hall–Kier alpha value is -3.06. The van der Waals surface area contributed by atoms with Crippen LogP contribution < -0.4 is 4.74 Å². The molecule has 154 valence electrons. The third-order valence-electron chi connectivity index (χ3n) is 4.59. The smallest absolute Gasteiger partial charge is 0.290 e. The highest BCUT2D eigenvalue weighted by molar-refractivity contribution is 6.15. The maximum atomic E-state index is 13.0. The second-order valence-electron chi connectivity index (χ2n) is 7.24. The predicted octanol–water partition coefficient (Wildman–Crippen LogP) is 3.54. The number of carbonyl (C=O) groups excluding carboxylic acids is 2. The highest BCUT2D eigenvalue weighted by Crippen LogP contribution is 2.39. The van der Waals surface area contributed by atoms with Crippen molar-refractivity contribution in [3.8, 4) is 5.75 Å². The molecule has 0 spiro atoms. The second kappa shape index (κ2) is 8.96. The Morgan fingerprint density at radius 2 is 2.07 bits per heavy atom. The number of hydrogen-bond donors (Lipinski definition) is 1. The number of hydrogen-bond acceptors (Lipinski definition) is 6. The summed E-state index contributed by atoms with van der Waals surface area (Å²) >= 11 is 0. The predicted molar refractivity (Wildman–Crippen MR) is 106 cm³/mol. The summed E-state index contributed by atoms with van der Waals surface area (Å²) in [7, 11) is 1.53. The van der Waals surface area contributed by atoms with Crippen molar-refractivity contribution < 1.29 is 28.6 Å². The number of nitrogens with zero attached hydrogens (tertiary/aromatic N) is 1. The van der Waals surface area contributed by atoms with Crippen molar-refractivity contribution in [1.82, 2.24) is 4.90 Å². The molecule has 2 aromatic rings. The number of amides is 1. The van der Waals surface area contributed by atoms with Crippen molar-refractivity contribution in [2.75, 3.05) is 26.9 Å². The first-order valence-corrected chi connectivity index (χ1v) is 9.48. The summed E-state index contributed by atoms with van der Waals surface area (Å²) in [5.41, 5.74) is 0.650. The van der Waals surface area contributed by atoms with Crippen LogP contribution in [0.5, 0.6) is 5.75 Å². The normalized spacial score (nSPS) is 16.8. The van der Waals surface area contributed by atoms with Crippen LogP contribution in [0.2, 0.25) is 0 Å². The Labute approximate surface area is 169 Å². The number of rotatable bonds is 9. The Balaban J connectivity index is 2.01. The van der Waals surface area contributed by atoms with Crippen LogP contribution in [0.1, 0.15) is 36.0 Å². The molecule has 1 atom stereocenters. The molecule has 1 amide bonds. The number of methoxy groups -OCH3 is 1. The van der Waals surface area contributed by atoms with Crippen molar-refractivity contribution >= 4 is 11.7 Å². The van der Waals surface area contributed by atoms with Gasteiger partial charge >= 0.3 is 0 Å². The molecule has 0 radical (unpaired) electrons. The Morgan fingerprint density at radius 1 is 1.28 bits per heavy atom. The Kier molecular flexibility index (Phi) is 6.39. The summed E-state index contributed by atoms with van der Waals surface area (Å²) in [6.45, 7) is 5.12. The fraction of sp³-hybridized carbons (Fsp3) is 0.364. The molecule has 0 bridgehead atoms. The summed E-state index contributed by atoms with van der Waals surface area (Å²) in [5, 5.41) is 10.5. The van der Waals surface area contributed by atoms with Gasteiger partial charge in [-0.1, -0.05) is 26.0 Å².